The van der Waals surface area contributed by atoms with E-state index < -0.39 is 5.97 Å². The van der Waals surface area contributed by atoms with E-state index in [-0.39, 0.29) is 11.6 Å². The predicted molar refractivity (Wildman–Crippen MR) is 92.5 cm³/mol. The van der Waals surface area contributed by atoms with Gasteiger partial charge in [-0.15, -0.1) is 6.58 Å². The highest BCUT2D eigenvalue weighted by Gasteiger charge is 2.12. The van der Waals surface area contributed by atoms with Crippen molar-refractivity contribution < 1.29 is 9.53 Å². The topological polar surface area (TPSA) is 38.3 Å². The van der Waals surface area contributed by atoms with Gasteiger partial charge in [-0.05, 0) is 35.1 Å². The van der Waals surface area contributed by atoms with Crippen molar-refractivity contribution in [1.82, 2.24) is 5.32 Å². The molecule has 2 aromatic carbocycles. The fourth-order valence-corrected chi connectivity index (χ4v) is 2.69. The third-order valence-corrected chi connectivity index (χ3v) is 3.85. The number of fused-ring (bicyclic) bond motifs is 1. The minimum absolute atomic E-state index is 0.0978. The number of esters is 1. The van der Waals surface area contributed by atoms with E-state index in [1.807, 2.05) is 36.4 Å². The van der Waals surface area contributed by atoms with Gasteiger partial charge in [-0.2, -0.15) is 0 Å². The van der Waals surface area contributed by atoms with E-state index in [1.54, 1.807) is 6.08 Å². The number of hydrogen-bond acceptors (Lipinski definition) is 4. The summed E-state index contributed by atoms with van der Waals surface area (Å²) >= 11 is 8.74. The molecule has 21 heavy (non-hydrogen) atoms. The van der Waals surface area contributed by atoms with E-state index >= 15 is 0 Å². The second-order valence-corrected chi connectivity index (χ2v) is 5.55. The monoisotopic (exact) mass is 363 g/mol. The Labute approximate surface area is 137 Å². The number of rotatable bonds is 5. The minimum atomic E-state index is -0.408. The summed E-state index contributed by atoms with van der Waals surface area (Å²) in [6.07, 6.45) is 1.67. The van der Waals surface area contributed by atoms with Crippen molar-refractivity contribution in [2.75, 3.05) is 13.1 Å². The van der Waals surface area contributed by atoms with Crippen LogP contribution in [0.15, 0.2) is 53.5 Å². The maximum atomic E-state index is 11.7. The molecule has 1 N–H and O–H groups in total. The average molecular weight is 364 g/mol. The molecule has 0 atom stereocenters. The molecule has 0 aliphatic carbocycles. The number of thiocarbonyl (C=S) groups is 1. The van der Waals surface area contributed by atoms with E-state index in [1.165, 1.54) is 0 Å². The van der Waals surface area contributed by atoms with E-state index in [9.17, 15) is 4.79 Å². The Bertz CT molecular complexity index is 700. The zero-order valence-corrected chi connectivity index (χ0v) is 13.7. The highest BCUT2D eigenvalue weighted by molar-refractivity contribution is 9.10. The molecule has 0 aliphatic rings. The second-order valence-electron chi connectivity index (χ2n) is 4.32. The van der Waals surface area contributed by atoms with Crippen LogP contribution in [0.5, 0.6) is 0 Å². The Kier molecular flexibility index (Phi) is 5.61. The summed E-state index contributed by atoms with van der Waals surface area (Å²) < 4.78 is 6.19. The number of carbonyl (C=O) groups is 1. The maximum Gasteiger partial charge on any atom is 0.326 e. The Morgan fingerprint density at radius 3 is 2.76 bits per heavy atom. The zero-order chi connectivity index (χ0) is 15.2. The standard InChI is InChI=1S/C16H14BrNO2S/c1-2-9-18-10-15(19)20-16(21)13-7-3-6-12-11(13)5-4-8-14(12)17/h2-8,18H,1,9-10H2. The van der Waals surface area contributed by atoms with Crippen molar-refractivity contribution >= 4 is 49.9 Å². The molecule has 0 heterocycles. The van der Waals surface area contributed by atoms with Crippen molar-refractivity contribution in [2.24, 2.45) is 0 Å². The summed E-state index contributed by atoms with van der Waals surface area (Å²) in [6.45, 7) is 4.21. The Morgan fingerprint density at radius 1 is 1.29 bits per heavy atom. The maximum absolute atomic E-state index is 11.7. The molecule has 5 heteroatoms. The van der Waals surface area contributed by atoms with Gasteiger partial charge in [-0.1, -0.05) is 46.3 Å². The van der Waals surface area contributed by atoms with Gasteiger partial charge in [-0.3, -0.25) is 4.79 Å². The zero-order valence-electron chi connectivity index (χ0n) is 11.3. The summed E-state index contributed by atoms with van der Waals surface area (Å²) in [5.74, 6) is -0.408. The van der Waals surface area contributed by atoms with Gasteiger partial charge >= 0.3 is 5.97 Å². The van der Waals surface area contributed by atoms with Crippen molar-refractivity contribution in [3.8, 4) is 0 Å². The molecule has 0 amide bonds. The molecule has 3 nitrogen and oxygen atoms in total. The van der Waals surface area contributed by atoms with E-state index in [4.69, 9.17) is 17.0 Å². The molecule has 0 fully saturated rings. The molecular formula is C16H14BrNO2S. The van der Waals surface area contributed by atoms with Gasteiger partial charge in [0, 0.05) is 16.6 Å². The molecule has 0 aliphatic heterocycles. The Balaban J connectivity index is 2.18. The number of nitrogens with one attached hydrogen (secondary N) is 1. The molecule has 0 saturated carbocycles. The molecule has 0 aromatic heterocycles. The molecule has 0 radical (unpaired) electrons. The van der Waals surface area contributed by atoms with Gasteiger partial charge in [0.1, 0.15) is 0 Å². The lowest BCUT2D eigenvalue weighted by molar-refractivity contribution is -0.134. The Hall–Kier alpha value is -1.56. The first kappa shape index (κ1) is 15.8. The van der Waals surface area contributed by atoms with Crippen molar-refractivity contribution in [3.63, 3.8) is 0 Å². The molecule has 0 bridgehead atoms. The van der Waals surface area contributed by atoms with Crippen LogP contribution in [0.25, 0.3) is 10.8 Å². The SMILES string of the molecule is C=CCNCC(=O)OC(=S)c1cccc2c(Br)cccc12. The van der Waals surface area contributed by atoms with Crippen molar-refractivity contribution in [2.45, 2.75) is 0 Å². The van der Waals surface area contributed by atoms with Gasteiger partial charge in [0.25, 0.3) is 0 Å². The molecule has 2 rings (SSSR count). The van der Waals surface area contributed by atoms with Crippen LogP contribution in [0, 0.1) is 0 Å². The summed E-state index contributed by atoms with van der Waals surface area (Å²) in [6, 6.07) is 11.6. The van der Waals surface area contributed by atoms with E-state index in [2.05, 4.69) is 27.8 Å². The lowest BCUT2D eigenvalue weighted by atomic mass is 10.1. The first-order chi connectivity index (χ1) is 10.1. The smallest absolute Gasteiger partial charge is 0.326 e. The molecule has 2 aromatic rings. The van der Waals surface area contributed by atoms with E-state index in [0.717, 1.165) is 20.8 Å². The molecule has 108 valence electrons. The van der Waals surface area contributed by atoms with Crippen LogP contribution in [0.2, 0.25) is 0 Å². The van der Waals surface area contributed by atoms with Crippen LogP contribution < -0.4 is 5.32 Å². The number of carbonyl (C=O) groups excluding carboxylic acids is 1. The summed E-state index contributed by atoms with van der Waals surface area (Å²) in [4.78, 5) is 11.7. The van der Waals surface area contributed by atoms with Crippen LogP contribution in [-0.4, -0.2) is 24.1 Å². The number of hydrogen-bond donors (Lipinski definition) is 1. The van der Waals surface area contributed by atoms with Gasteiger partial charge in [0.05, 0.1) is 6.54 Å². The largest absolute Gasteiger partial charge is 0.413 e. The quantitative estimate of drug-likeness (QED) is 0.381. The van der Waals surface area contributed by atoms with Gasteiger partial charge in [0.2, 0.25) is 5.05 Å². The highest BCUT2D eigenvalue weighted by Crippen LogP contribution is 2.26. The van der Waals surface area contributed by atoms with Gasteiger partial charge < -0.3 is 10.1 Å². The average Bonchev–Trinajstić information content (AvgIpc) is 2.47. The number of ether oxygens (including phenoxy) is 1. The molecular weight excluding hydrogens is 350 g/mol. The Morgan fingerprint density at radius 2 is 2.00 bits per heavy atom. The summed E-state index contributed by atoms with van der Waals surface area (Å²) in [5, 5.41) is 5.04. The van der Waals surface area contributed by atoms with Gasteiger partial charge in [0.15, 0.2) is 0 Å². The second kappa shape index (κ2) is 7.45. The highest BCUT2D eigenvalue weighted by atomic mass is 79.9. The summed E-state index contributed by atoms with van der Waals surface area (Å²) in [7, 11) is 0. The molecule has 0 unspecified atom stereocenters. The van der Waals surface area contributed by atoms with Crippen LogP contribution in [0.4, 0.5) is 0 Å². The predicted octanol–water partition coefficient (Wildman–Crippen LogP) is 3.60. The lowest BCUT2D eigenvalue weighted by Crippen LogP contribution is -2.26. The van der Waals surface area contributed by atoms with E-state index in [0.29, 0.717) is 6.54 Å². The van der Waals surface area contributed by atoms with Crippen LogP contribution >= 0.6 is 28.1 Å². The molecule has 0 spiro atoms. The fraction of sp³-hybridized carbons (Fsp3) is 0.125. The minimum Gasteiger partial charge on any atom is -0.413 e. The van der Waals surface area contributed by atoms with Crippen molar-refractivity contribution in [1.29, 1.82) is 0 Å². The third kappa shape index (κ3) is 3.97. The summed E-state index contributed by atoms with van der Waals surface area (Å²) in [5.41, 5.74) is 0.737. The van der Waals surface area contributed by atoms with Crippen LogP contribution in [0.3, 0.4) is 0 Å². The first-order valence-electron chi connectivity index (χ1n) is 6.37. The third-order valence-electron chi connectivity index (χ3n) is 2.85. The lowest BCUT2D eigenvalue weighted by Gasteiger charge is -2.09. The van der Waals surface area contributed by atoms with Gasteiger partial charge in [-0.25, -0.2) is 0 Å². The first-order valence-corrected chi connectivity index (χ1v) is 7.57. The fourth-order valence-electron chi connectivity index (χ4n) is 1.92. The number of benzene rings is 2. The molecule has 0 saturated heterocycles. The normalized spacial score (nSPS) is 10.3. The van der Waals surface area contributed by atoms with Crippen LogP contribution in [0.1, 0.15) is 5.56 Å². The number of halogens is 1. The van der Waals surface area contributed by atoms with Crippen molar-refractivity contribution in [3.05, 3.63) is 59.1 Å². The van der Waals surface area contributed by atoms with Crippen LogP contribution in [-0.2, 0) is 9.53 Å².